The number of Topliss-reactive ketones (excluding diaryl/α,β-unsaturated/α-hetero) is 1. The van der Waals surface area contributed by atoms with Crippen molar-refractivity contribution >= 4 is 11.7 Å². The second-order valence-corrected chi connectivity index (χ2v) is 14.8. The zero-order valence-electron chi connectivity index (χ0n) is 26.5. The zero-order chi connectivity index (χ0) is 28.4. The minimum atomic E-state index is 0.0400. The summed E-state index contributed by atoms with van der Waals surface area (Å²) in [5.74, 6) is 0.402. The van der Waals surface area contributed by atoms with Crippen LogP contribution in [0.1, 0.15) is 120 Å². The number of ketones is 1. The Kier molecular flexibility index (Phi) is 10.5. The fourth-order valence-electron chi connectivity index (χ4n) is 7.14. The number of hydrogen-bond acceptors (Lipinski definition) is 5. The summed E-state index contributed by atoms with van der Waals surface area (Å²) in [7, 11) is 6.77. The molecule has 0 N–H and O–H groups in total. The molecule has 0 aliphatic carbocycles. The van der Waals surface area contributed by atoms with E-state index in [0.717, 1.165) is 38.8 Å². The van der Waals surface area contributed by atoms with Crippen molar-refractivity contribution in [2.45, 2.75) is 154 Å². The molecule has 2 rings (SSSR count). The molecule has 0 radical (unpaired) electrons. The quantitative estimate of drug-likeness (QED) is 0.332. The molecule has 2 aliphatic rings. The van der Waals surface area contributed by atoms with Crippen LogP contribution in [0.5, 0.6) is 0 Å². The first-order valence-corrected chi connectivity index (χ1v) is 14.8. The molecule has 2 saturated heterocycles. The van der Waals surface area contributed by atoms with Crippen LogP contribution >= 0.6 is 0 Å². The van der Waals surface area contributed by atoms with Crippen molar-refractivity contribution in [2.24, 2.45) is 0 Å². The number of carbonyl (C=O) groups excluding carboxylic acids is 2. The number of hydrogen-bond donors (Lipinski definition) is 0. The monoisotopic (exact) mass is 520 g/mol. The van der Waals surface area contributed by atoms with E-state index in [-0.39, 0.29) is 39.9 Å². The first-order valence-electron chi connectivity index (χ1n) is 14.8. The minimum Gasteiger partial charge on any atom is -0.340 e. The van der Waals surface area contributed by atoms with Gasteiger partial charge < -0.3 is 14.6 Å². The van der Waals surface area contributed by atoms with Gasteiger partial charge in [0.2, 0.25) is 5.91 Å². The van der Waals surface area contributed by atoms with Gasteiger partial charge in [-0.1, -0.05) is 0 Å². The molecule has 0 spiro atoms. The van der Waals surface area contributed by atoms with Crippen LogP contribution in [-0.2, 0) is 9.59 Å². The Balaban J connectivity index is 2.02. The van der Waals surface area contributed by atoms with Gasteiger partial charge in [-0.2, -0.15) is 0 Å². The maximum Gasteiger partial charge on any atom is 0.222 e. The molecule has 0 aromatic rings. The van der Waals surface area contributed by atoms with Crippen molar-refractivity contribution in [3.63, 3.8) is 0 Å². The molecule has 0 saturated carbocycles. The van der Waals surface area contributed by atoms with E-state index >= 15 is 0 Å². The molecule has 0 bridgehead atoms. The summed E-state index contributed by atoms with van der Waals surface area (Å²) in [5, 5.41) is 0. The highest BCUT2D eigenvalue weighted by atomic mass is 16.2. The fourth-order valence-corrected chi connectivity index (χ4v) is 7.14. The molecule has 6 heteroatoms. The predicted octanol–water partition coefficient (Wildman–Crippen LogP) is 5.59. The van der Waals surface area contributed by atoms with E-state index < -0.39 is 0 Å². The Morgan fingerprint density at radius 3 is 1.51 bits per heavy atom. The summed E-state index contributed by atoms with van der Waals surface area (Å²) in [5.41, 5.74) is 0.464. The molecule has 2 aliphatic heterocycles. The molecule has 216 valence electrons. The smallest absolute Gasteiger partial charge is 0.222 e. The summed E-state index contributed by atoms with van der Waals surface area (Å²) in [6.45, 7) is 22.2. The summed E-state index contributed by atoms with van der Waals surface area (Å²) in [6, 6.07) is 0.834. The third kappa shape index (κ3) is 8.25. The molecule has 0 aromatic heterocycles. The topological polar surface area (TPSA) is 47.1 Å². The Hall–Kier alpha value is -0.980. The van der Waals surface area contributed by atoms with Crippen molar-refractivity contribution in [1.29, 1.82) is 0 Å². The second kappa shape index (κ2) is 12.0. The van der Waals surface area contributed by atoms with E-state index in [4.69, 9.17) is 0 Å². The van der Waals surface area contributed by atoms with Crippen LogP contribution in [0.15, 0.2) is 0 Å². The van der Waals surface area contributed by atoms with Gasteiger partial charge in [-0.3, -0.25) is 14.6 Å². The predicted molar refractivity (Wildman–Crippen MR) is 156 cm³/mol. The van der Waals surface area contributed by atoms with Crippen LogP contribution < -0.4 is 0 Å². The van der Waals surface area contributed by atoms with Gasteiger partial charge in [0.05, 0.1) is 0 Å². The molecule has 2 fully saturated rings. The Morgan fingerprint density at radius 1 is 0.676 bits per heavy atom. The number of carbonyl (C=O) groups is 2. The number of piperidine rings is 2. The van der Waals surface area contributed by atoms with Crippen molar-refractivity contribution in [1.82, 2.24) is 19.6 Å². The third-order valence-corrected chi connectivity index (χ3v) is 10.0. The number of rotatable bonds is 11. The van der Waals surface area contributed by atoms with Gasteiger partial charge in [0.15, 0.2) is 0 Å². The molecule has 6 nitrogen and oxygen atoms in total. The Bertz CT molecular complexity index is 752. The summed E-state index contributed by atoms with van der Waals surface area (Å²) >= 11 is 0. The number of amides is 1. The SMILES string of the molecule is CC(=O)CCCC(=O)N(CCCCN(C)C1CC(C)(C)N(C)C(C)(C)C1)C1CC(C)(C)N(C)C(C)(C)C1. The lowest BCUT2D eigenvalue weighted by molar-refractivity contribution is -0.138. The Labute approximate surface area is 229 Å². The van der Waals surface area contributed by atoms with E-state index in [1.54, 1.807) is 6.92 Å². The second-order valence-electron chi connectivity index (χ2n) is 14.8. The van der Waals surface area contributed by atoms with Crippen molar-refractivity contribution < 1.29 is 9.59 Å². The number of nitrogens with zero attached hydrogens (tertiary/aromatic N) is 4. The van der Waals surface area contributed by atoms with Crippen LogP contribution in [-0.4, -0.2) is 99.8 Å². The van der Waals surface area contributed by atoms with Crippen LogP contribution in [0.4, 0.5) is 0 Å². The lowest BCUT2D eigenvalue weighted by Gasteiger charge is -2.55. The first-order chi connectivity index (χ1) is 16.8. The molecular formula is C31H60N4O2. The van der Waals surface area contributed by atoms with Crippen LogP contribution in [0.25, 0.3) is 0 Å². The standard InChI is InChI=1S/C31H60N4O2/c1-24(36)16-15-17-27(37)35(26-22-30(6,7)34(12)31(8,9)23-26)19-14-13-18-32(10)25-20-28(2,3)33(11)29(4,5)21-25/h25-26H,13-23H2,1-12H3. The highest BCUT2D eigenvalue weighted by Crippen LogP contribution is 2.40. The minimum absolute atomic E-state index is 0.0400. The highest BCUT2D eigenvalue weighted by molar-refractivity contribution is 5.79. The molecule has 0 atom stereocenters. The normalized spacial score (nSPS) is 24.4. The van der Waals surface area contributed by atoms with Crippen molar-refractivity contribution in [3.05, 3.63) is 0 Å². The number of likely N-dealkylation sites (tertiary alicyclic amines) is 2. The zero-order valence-corrected chi connectivity index (χ0v) is 26.5. The highest BCUT2D eigenvalue weighted by Gasteiger charge is 2.46. The Morgan fingerprint density at radius 2 is 1.08 bits per heavy atom. The van der Waals surface area contributed by atoms with Gasteiger partial charge in [0, 0.05) is 53.6 Å². The van der Waals surface area contributed by atoms with Crippen molar-refractivity contribution in [2.75, 3.05) is 34.2 Å². The molecule has 0 aromatic carbocycles. The lowest BCUT2D eigenvalue weighted by Crippen LogP contribution is -2.63. The molecule has 2 heterocycles. The molecule has 1 amide bonds. The third-order valence-electron chi connectivity index (χ3n) is 10.0. The van der Waals surface area contributed by atoms with E-state index in [9.17, 15) is 9.59 Å². The van der Waals surface area contributed by atoms with Gasteiger partial charge in [-0.25, -0.2) is 0 Å². The first kappa shape index (κ1) is 32.2. The van der Waals surface area contributed by atoms with Gasteiger partial charge in [0.1, 0.15) is 5.78 Å². The van der Waals surface area contributed by atoms with Crippen molar-refractivity contribution in [3.8, 4) is 0 Å². The lowest BCUT2D eigenvalue weighted by atomic mass is 9.76. The fraction of sp³-hybridized carbons (Fsp3) is 0.935. The summed E-state index contributed by atoms with van der Waals surface area (Å²) in [6.07, 6.45) is 8.11. The van der Waals surface area contributed by atoms with Crippen LogP contribution in [0.2, 0.25) is 0 Å². The van der Waals surface area contributed by atoms with E-state index in [1.165, 1.54) is 12.8 Å². The van der Waals surface area contributed by atoms with Gasteiger partial charge >= 0.3 is 0 Å². The van der Waals surface area contributed by atoms with Crippen LogP contribution in [0.3, 0.4) is 0 Å². The average molecular weight is 521 g/mol. The molecule has 0 unspecified atom stereocenters. The van der Waals surface area contributed by atoms with Gasteiger partial charge in [-0.05, 0) is 135 Å². The van der Waals surface area contributed by atoms with Gasteiger partial charge in [-0.15, -0.1) is 0 Å². The molecule has 37 heavy (non-hydrogen) atoms. The van der Waals surface area contributed by atoms with E-state index in [0.29, 0.717) is 25.3 Å². The maximum atomic E-state index is 13.5. The summed E-state index contributed by atoms with van der Waals surface area (Å²) < 4.78 is 0. The van der Waals surface area contributed by atoms with E-state index in [2.05, 4.69) is 96.1 Å². The summed E-state index contributed by atoms with van der Waals surface area (Å²) in [4.78, 5) is 34.7. The largest absolute Gasteiger partial charge is 0.340 e. The van der Waals surface area contributed by atoms with Crippen LogP contribution in [0, 0.1) is 0 Å². The average Bonchev–Trinajstić information content (AvgIpc) is 2.74. The maximum absolute atomic E-state index is 13.5. The van der Waals surface area contributed by atoms with E-state index in [1.807, 2.05) is 0 Å². The molecular weight excluding hydrogens is 460 g/mol. The number of unbranched alkanes of at least 4 members (excludes halogenated alkanes) is 1. The van der Waals surface area contributed by atoms with Gasteiger partial charge in [0.25, 0.3) is 0 Å².